The summed E-state index contributed by atoms with van der Waals surface area (Å²) in [5.74, 6) is 0. The van der Waals surface area contributed by atoms with Crippen molar-refractivity contribution in [3.05, 3.63) is 42.7 Å². The fourth-order valence-electron chi connectivity index (χ4n) is 4.19. The van der Waals surface area contributed by atoms with Crippen molar-refractivity contribution in [1.29, 1.82) is 0 Å². The Morgan fingerprint density at radius 3 is 2.14 bits per heavy atom. The quantitative estimate of drug-likeness (QED) is 0.276. The van der Waals surface area contributed by atoms with Gasteiger partial charge in [-0.3, -0.25) is 0 Å². The molecule has 0 aliphatic heterocycles. The van der Waals surface area contributed by atoms with Crippen molar-refractivity contribution in [2.24, 2.45) is 0 Å². The molecule has 0 unspecified atom stereocenters. The number of rotatable bonds is 11. The van der Waals surface area contributed by atoms with Crippen LogP contribution in [0, 0.1) is 0 Å². The van der Waals surface area contributed by atoms with Gasteiger partial charge in [-0.2, -0.15) is 0 Å². The van der Waals surface area contributed by atoms with Crippen LogP contribution in [-0.2, 0) is 0 Å². The van der Waals surface area contributed by atoms with Crippen LogP contribution in [-0.4, -0.2) is 28.5 Å². The third-order valence-electron chi connectivity index (χ3n) is 6.00. The fraction of sp³-hybridized carbons (Fsp3) is 0.500. The first-order valence-electron chi connectivity index (χ1n) is 11.0. The average Bonchev–Trinajstić information content (AvgIpc) is 3.24. The molecule has 0 atom stereocenters. The van der Waals surface area contributed by atoms with Crippen LogP contribution in [0.25, 0.3) is 22.0 Å². The summed E-state index contributed by atoms with van der Waals surface area (Å²) in [6.45, 7) is 6.93. The average molecular weight is 485 g/mol. The first-order chi connectivity index (χ1) is 13.7. The molecule has 0 amide bonds. The molecule has 1 aromatic carbocycles. The number of nitrogens with zero attached hydrogens (tertiary/aromatic N) is 2. The molecule has 3 rings (SSSR count). The number of aromatic nitrogens is 2. The van der Waals surface area contributed by atoms with Gasteiger partial charge in [-0.25, -0.2) is 0 Å². The first-order valence-corrected chi connectivity index (χ1v) is 18.5. The number of hydrogen-bond donors (Lipinski definition) is 0. The molecular weight excluding hydrogens is 451 g/mol. The molecule has 0 aliphatic rings. The molecule has 3 aromatic rings. The summed E-state index contributed by atoms with van der Waals surface area (Å²) >= 11 is -2.55. The maximum atomic E-state index is 6.12. The topological polar surface area (TPSA) is 38.9 Å². The molecule has 3 nitrogen and oxygen atoms in total. The molecule has 0 N–H and O–H groups in total. The Hall–Kier alpha value is -1.36. The Morgan fingerprint density at radius 1 is 0.821 bits per heavy atom. The van der Waals surface area contributed by atoms with Gasteiger partial charge in [-0.1, -0.05) is 0 Å². The van der Waals surface area contributed by atoms with E-state index in [-0.39, 0.29) is 0 Å². The summed E-state index contributed by atoms with van der Waals surface area (Å²) < 4.78 is 11.6. The van der Waals surface area contributed by atoms with E-state index >= 15 is 0 Å². The maximum absolute atomic E-state index is 6.12. The molecule has 2 aromatic heterocycles. The van der Waals surface area contributed by atoms with Crippen molar-refractivity contribution in [3.63, 3.8) is 0 Å². The SMILES string of the molecule is CCC[CH2][Sn]([CH2]CCC)([CH2]CCC)[c]1cc(-c2ccc3cnccc3c2)no1. The fourth-order valence-corrected chi connectivity index (χ4v) is 19.2. The molecule has 0 fully saturated rings. The van der Waals surface area contributed by atoms with Crippen molar-refractivity contribution >= 4 is 32.9 Å². The van der Waals surface area contributed by atoms with E-state index in [0.717, 1.165) is 16.6 Å². The van der Waals surface area contributed by atoms with Gasteiger partial charge >= 0.3 is 174 Å². The van der Waals surface area contributed by atoms with Gasteiger partial charge in [0.2, 0.25) is 0 Å². The zero-order valence-electron chi connectivity index (χ0n) is 17.7. The molecule has 0 aliphatic carbocycles. The number of unbranched alkanes of at least 4 members (excludes halogenated alkanes) is 3. The van der Waals surface area contributed by atoms with E-state index in [1.165, 1.54) is 61.0 Å². The third kappa shape index (κ3) is 4.97. The molecule has 0 saturated carbocycles. The molecule has 150 valence electrons. The Bertz CT molecular complexity index is 852. The van der Waals surface area contributed by atoms with Crippen LogP contribution < -0.4 is 3.78 Å². The minimum absolute atomic E-state index is 0.999. The van der Waals surface area contributed by atoms with Gasteiger partial charge in [-0.15, -0.1) is 0 Å². The number of fused-ring (bicyclic) bond motifs is 1. The first kappa shape index (κ1) is 21.4. The summed E-state index contributed by atoms with van der Waals surface area (Å²) in [4.78, 5) is 4.21. The predicted molar refractivity (Wildman–Crippen MR) is 122 cm³/mol. The van der Waals surface area contributed by atoms with Crippen molar-refractivity contribution in [2.45, 2.75) is 72.6 Å². The molecular formula is C24H34N2OSn. The van der Waals surface area contributed by atoms with Crippen LogP contribution in [0.2, 0.25) is 13.3 Å². The Balaban J connectivity index is 1.94. The Kier molecular flexibility index (Phi) is 7.95. The standard InChI is InChI=1S/C12H7N2O.3C4H9.Sn/c1-2-11-8-13-5-3-9(11)7-10(1)12-4-6-15-14-12;3*1-3-4-2;/h1-5,7-8H;3*1,3-4H2,2H3;. The molecule has 4 heteroatoms. The third-order valence-corrected chi connectivity index (χ3v) is 20.9. The van der Waals surface area contributed by atoms with E-state index < -0.39 is 18.4 Å². The van der Waals surface area contributed by atoms with E-state index in [9.17, 15) is 0 Å². The van der Waals surface area contributed by atoms with Crippen LogP contribution in [0.15, 0.2) is 47.2 Å². The van der Waals surface area contributed by atoms with Gasteiger partial charge in [0.15, 0.2) is 0 Å². The van der Waals surface area contributed by atoms with E-state index in [1.807, 2.05) is 12.4 Å². The molecule has 0 saturated heterocycles. The monoisotopic (exact) mass is 486 g/mol. The van der Waals surface area contributed by atoms with E-state index in [0.29, 0.717) is 0 Å². The molecule has 2 heterocycles. The summed E-state index contributed by atoms with van der Waals surface area (Å²) in [6.07, 6.45) is 11.6. The normalized spacial score (nSPS) is 12.0. The van der Waals surface area contributed by atoms with Crippen LogP contribution in [0.4, 0.5) is 0 Å². The minimum atomic E-state index is -2.55. The summed E-state index contributed by atoms with van der Waals surface area (Å²) in [5, 5.41) is 6.91. The zero-order chi connectivity index (χ0) is 19.8. The number of benzene rings is 1. The van der Waals surface area contributed by atoms with Crippen molar-refractivity contribution in [2.75, 3.05) is 0 Å². The Morgan fingerprint density at radius 2 is 1.50 bits per heavy atom. The van der Waals surface area contributed by atoms with E-state index in [4.69, 9.17) is 4.52 Å². The molecule has 0 radical (unpaired) electrons. The van der Waals surface area contributed by atoms with Gasteiger partial charge in [-0.05, 0) is 0 Å². The van der Waals surface area contributed by atoms with Gasteiger partial charge in [0.1, 0.15) is 0 Å². The predicted octanol–water partition coefficient (Wildman–Crippen LogP) is 6.95. The number of hydrogen-bond acceptors (Lipinski definition) is 3. The summed E-state index contributed by atoms with van der Waals surface area (Å²) in [5.41, 5.74) is 2.15. The van der Waals surface area contributed by atoms with Gasteiger partial charge < -0.3 is 0 Å². The molecule has 0 spiro atoms. The summed E-state index contributed by atoms with van der Waals surface area (Å²) in [6, 6.07) is 10.9. The zero-order valence-corrected chi connectivity index (χ0v) is 20.6. The molecule has 28 heavy (non-hydrogen) atoms. The van der Waals surface area contributed by atoms with Crippen LogP contribution in [0.5, 0.6) is 0 Å². The second-order valence-electron chi connectivity index (χ2n) is 8.10. The van der Waals surface area contributed by atoms with Crippen molar-refractivity contribution in [1.82, 2.24) is 10.1 Å². The van der Waals surface area contributed by atoms with Crippen molar-refractivity contribution in [3.8, 4) is 11.3 Å². The van der Waals surface area contributed by atoms with Crippen LogP contribution >= 0.6 is 0 Å². The summed E-state index contributed by atoms with van der Waals surface area (Å²) in [7, 11) is 0. The van der Waals surface area contributed by atoms with Gasteiger partial charge in [0.05, 0.1) is 0 Å². The number of pyridine rings is 1. The second-order valence-corrected chi connectivity index (χ2v) is 21.1. The Labute approximate surface area is 173 Å². The van der Waals surface area contributed by atoms with Crippen molar-refractivity contribution < 1.29 is 4.52 Å². The van der Waals surface area contributed by atoms with E-state index in [2.05, 4.69) is 61.2 Å². The van der Waals surface area contributed by atoms with Gasteiger partial charge in [0, 0.05) is 0 Å². The van der Waals surface area contributed by atoms with Crippen LogP contribution in [0.3, 0.4) is 0 Å². The van der Waals surface area contributed by atoms with Crippen LogP contribution in [0.1, 0.15) is 59.3 Å². The van der Waals surface area contributed by atoms with Gasteiger partial charge in [0.25, 0.3) is 0 Å². The van der Waals surface area contributed by atoms with E-state index in [1.54, 1.807) is 0 Å². The second kappa shape index (κ2) is 10.4. The molecule has 0 bridgehead atoms.